The zero-order chi connectivity index (χ0) is 31.0. The predicted octanol–water partition coefficient (Wildman–Crippen LogP) is 5.04. The summed E-state index contributed by atoms with van der Waals surface area (Å²) in [6, 6.07) is 13.8. The lowest BCUT2D eigenvalue weighted by Crippen LogP contribution is -2.27. The molecule has 4 aromatic rings. The van der Waals surface area contributed by atoms with Gasteiger partial charge in [0.1, 0.15) is 0 Å². The first kappa shape index (κ1) is 29.2. The maximum atomic E-state index is 12.5. The third-order valence-electron chi connectivity index (χ3n) is 7.46. The molecule has 6 rings (SSSR count). The van der Waals surface area contributed by atoms with E-state index in [1.165, 1.54) is 14.2 Å². The van der Waals surface area contributed by atoms with Crippen molar-refractivity contribution in [3.05, 3.63) is 70.8 Å². The summed E-state index contributed by atoms with van der Waals surface area (Å²) in [6.07, 6.45) is -0.0279. The molecule has 0 amide bonds. The van der Waals surface area contributed by atoms with Gasteiger partial charge in [-0.1, -0.05) is 0 Å². The smallest absolute Gasteiger partial charge is 0.324 e. The van der Waals surface area contributed by atoms with Crippen molar-refractivity contribution in [1.82, 2.24) is 0 Å². The highest BCUT2D eigenvalue weighted by atomic mass is 16.5. The third-order valence-corrected chi connectivity index (χ3v) is 7.46. The SMILES string of the molecule is CCOC(=O)C1C(=O)c2cc3cc(OC)c(OC)cc3cc2C1=O.COc1cc2cc3c(cc2cc1OC)C(=O)CC3=O. The molecular weight excluding hydrogens is 556 g/mol. The number of benzene rings is 4. The van der Waals surface area contributed by atoms with Gasteiger partial charge in [-0.05, 0) is 77.0 Å². The van der Waals surface area contributed by atoms with Crippen LogP contribution in [0.1, 0.15) is 54.8 Å². The van der Waals surface area contributed by atoms with Gasteiger partial charge in [0.05, 0.1) is 41.5 Å². The minimum Gasteiger partial charge on any atom is -0.493 e. The number of Topliss-reactive ketones (excluding diaryl/α,β-unsaturated/α-hetero) is 4. The molecule has 0 aliphatic heterocycles. The van der Waals surface area contributed by atoms with Gasteiger partial charge in [-0.15, -0.1) is 0 Å². The van der Waals surface area contributed by atoms with Crippen molar-refractivity contribution in [2.24, 2.45) is 5.92 Å². The summed E-state index contributed by atoms with van der Waals surface area (Å²) in [5.41, 5.74) is 1.48. The van der Waals surface area contributed by atoms with Crippen LogP contribution in [0.15, 0.2) is 48.5 Å². The lowest BCUT2D eigenvalue weighted by molar-refractivity contribution is -0.144. The van der Waals surface area contributed by atoms with E-state index in [1.807, 2.05) is 12.1 Å². The zero-order valence-corrected chi connectivity index (χ0v) is 24.2. The number of rotatable bonds is 6. The van der Waals surface area contributed by atoms with E-state index in [9.17, 15) is 24.0 Å². The molecule has 0 bridgehead atoms. The maximum Gasteiger partial charge on any atom is 0.324 e. The molecule has 2 aliphatic carbocycles. The number of hydrogen-bond acceptors (Lipinski definition) is 10. The van der Waals surface area contributed by atoms with Crippen molar-refractivity contribution in [1.29, 1.82) is 0 Å². The summed E-state index contributed by atoms with van der Waals surface area (Å²) in [7, 11) is 6.16. The first-order valence-electron chi connectivity index (χ1n) is 13.4. The molecule has 0 N–H and O–H groups in total. The number of methoxy groups -OCH3 is 4. The molecule has 0 atom stereocenters. The van der Waals surface area contributed by atoms with Crippen molar-refractivity contribution in [3.63, 3.8) is 0 Å². The van der Waals surface area contributed by atoms with Crippen molar-refractivity contribution in [2.75, 3.05) is 35.0 Å². The lowest BCUT2D eigenvalue weighted by Gasteiger charge is -2.10. The van der Waals surface area contributed by atoms with Gasteiger partial charge < -0.3 is 23.7 Å². The largest absolute Gasteiger partial charge is 0.493 e. The number of ether oxygens (including phenoxy) is 5. The molecule has 0 aromatic heterocycles. The average Bonchev–Trinajstić information content (AvgIpc) is 3.42. The Labute approximate surface area is 246 Å². The Morgan fingerprint density at radius 2 is 0.907 bits per heavy atom. The third kappa shape index (κ3) is 5.05. The van der Waals surface area contributed by atoms with Gasteiger partial charge in [0, 0.05) is 22.3 Å². The molecule has 0 spiro atoms. The topological polar surface area (TPSA) is 132 Å². The quantitative estimate of drug-likeness (QED) is 0.224. The molecule has 10 heteroatoms. The fraction of sp³-hybridized carbons (Fsp3) is 0.242. The Balaban J connectivity index is 0.000000176. The second-order valence-electron chi connectivity index (χ2n) is 9.84. The van der Waals surface area contributed by atoms with Gasteiger partial charge in [-0.3, -0.25) is 24.0 Å². The van der Waals surface area contributed by atoms with Crippen LogP contribution in [0.4, 0.5) is 0 Å². The summed E-state index contributed by atoms with van der Waals surface area (Å²) in [4.78, 5) is 60.3. The normalized spacial score (nSPS) is 13.9. The number of carbonyl (C=O) groups excluding carboxylic acids is 5. The van der Waals surface area contributed by atoms with E-state index in [1.54, 1.807) is 57.5 Å². The van der Waals surface area contributed by atoms with Crippen molar-refractivity contribution in [2.45, 2.75) is 13.3 Å². The van der Waals surface area contributed by atoms with Crippen molar-refractivity contribution in [3.8, 4) is 23.0 Å². The highest BCUT2D eigenvalue weighted by Gasteiger charge is 2.44. The minimum absolute atomic E-state index is 0.0279. The van der Waals surface area contributed by atoms with E-state index in [0.717, 1.165) is 21.5 Å². The minimum atomic E-state index is -1.40. The molecule has 0 heterocycles. The molecule has 220 valence electrons. The first-order chi connectivity index (χ1) is 20.6. The second-order valence-corrected chi connectivity index (χ2v) is 9.84. The van der Waals surface area contributed by atoms with Crippen molar-refractivity contribution >= 4 is 50.6 Å². The van der Waals surface area contributed by atoms with Crippen LogP contribution in [0.2, 0.25) is 0 Å². The molecule has 0 saturated carbocycles. The summed E-state index contributed by atoms with van der Waals surface area (Å²) < 4.78 is 25.8. The van der Waals surface area contributed by atoms with E-state index in [-0.39, 0.29) is 35.7 Å². The number of fused-ring (bicyclic) bond motifs is 4. The van der Waals surface area contributed by atoms with E-state index in [2.05, 4.69) is 0 Å². The van der Waals surface area contributed by atoms with Crippen LogP contribution in [0.5, 0.6) is 23.0 Å². The Kier molecular flexibility index (Phi) is 7.86. The highest BCUT2D eigenvalue weighted by molar-refractivity contribution is 6.35. The predicted molar refractivity (Wildman–Crippen MR) is 156 cm³/mol. The average molecular weight is 585 g/mol. The fourth-order valence-corrected chi connectivity index (χ4v) is 5.33. The van der Waals surface area contributed by atoms with Gasteiger partial charge >= 0.3 is 5.97 Å². The Morgan fingerprint density at radius 3 is 1.21 bits per heavy atom. The molecule has 10 nitrogen and oxygen atoms in total. The summed E-state index contributed by atoms with van der Waals surface area (Å²) >= 11 is 0. The first-order valence-corrected chi connectivity index (χ1v) is 13.4. The lowest BCUT2D eigenvalue weighted by atomic mass is 10.0. The van der Waals surface area contributed by atoms with E-state index in [0.29, 0.717) is 34.1 Å². The maximum absolute atomic E-state index is 12.5. The molecular formula is C33H28O10. The standard InChI is InChI=1S/C18H16O6.C15H12O4/c1-4-24-18(21)15-16(19)11-5-9-7-13(22-2)14(23-3)8-10(9)6-12(11)17(15)20;1-18-14-5-8-3-10-11(13(17)7-12(10)16)4-9(8)6-15(14)19-2/h5-8,15H,4H2,1-3H3;3-6H,7H2,1-2H3. The van der Waals surface area contributed by atoms with Gasteiger partial charge in [-0.2, -0.15) is 0 Å². The molecule has 4 aromatic carbocycles. The van der Waals surface area contributed by atoms with E-state index >= 15 is 0 Å². The zero-order valence-electron chi connectivity index (χ0n) is 24.2. The van der Waals surface area contributed by atoms with Crippen LogP contribution in [-0.4, -0.2) is 64.1 Å². The Bertz CT molecular complexity index is 1730. The second kappa shape index (κ2) is 11.6. The van der Waals surface area contributed by atoms with E-state index < -0.39 is 23.5 Å². The van der Waals surface area contributed by atoms with Gasteiger partial charge in [0.2, 0.25) is 0 Å². The number of carbonyl (C=O) groups is 5. The van der Waals surface area contributed by atoms with Crippen LogP contribution < -0.4 is 18.9 Å². The van der Waals surface area contributed by atoms with Crippen LogP contribution in [0.3, 0.4) is 0 Å². The molecule has 2 aliphatic rings. The van der Waals surface area contributed by atoms with Crippen LogP contribution in [0, 0.1) is 5.92 Å². The van der Waals surface area contributed by atoms with Crippen LogP contribution >= 0.6 is 0 Å². The number of esters is 1. The summed E-state index contributed by atoms with van der Waals surface area (Å²) in [5.74, 6) is -1.24. The van der Waals surface area contributed by atoms with Crippen LogP contribution in [0.25, 0.3) is 21.5 Å². The molecule has 0 radical (unpaired) electrons. The van der Waals surface area contributed by atoms with Gasteiger partial charge in [0.25, 0.3) is 0 Å². The van der Waals surface area contributed by atoms with Crippen LogP contribution in [-0.2, 0) is 9.53 Å². The molecule has 43 heavy (non-hydrogen) atoms. The Morgan fingerprint density at radius 1 is 0.581 bits per heavy atom. The fourth-order valence-electron chi connectivity index (χ4n) is 5.33. The summed E-state index contributed by atoms with van der Waals surface area (Å²) in [5, 5.41) is 3.16. The molecule has 0 saturated heterocycles. The van der Waals surface area contributed by atoms with E-state index in [4.69, 9.17) is 23.7 Å². The van der Waals surface area contributed by atoms with Crippen molar-refractivity contribution < 1.29 is 47.7 Å². The Hall–Kier alpha value is -5.25. The number of hydrogen-bond donors (Lipinski definition) is 0. The van der Waals surface area contributed by atoms with Gasteiger partial charge in [0.15, 0.2) is 52.0 Å². The summed E-state index contributed by atoms with van der Waals surface area (Å²) in [6.45, 7) is 1.74. The highest BCUT2D eigenvalue weighted by Crippen LogP contribution is 2.37. The monoisotopic (exact) mass is 584 g/mol. The number of ketones is 4. The molecule has 0 fully saturated rings. The molecule has 0 unspecified atom stereocenters. The van der Waals surface area contributed by atoms with Gasteiger partial charge in [-0.25, -0.2) is 0 Å².